The fourth-order valence-corrected chi connectivity index (χ4v) is 3.55. The van der Waals surface area contributed by atoms with Gasteiger partial charge >= 0.3 is 0 Å². The van der Waals surface area contributed by atoms with E-state index in [4.69, 9.17) is 10.5 Å². The molecule has 0 bridgehead atoms. The number of hydrogen-bond acceptors (Lipinski definition) is 4. The van der Waals surface area contributed by atoms with Gasteiger partial charge in [-0.2, -0.15) is 0 Å². The lowest BCUT2D eigenvalue weighted by Gasteiger charge is -2.36. The summed E-state index contributed by atoms with van der Waals surface area (Å²) >= 11 is 0. The summed E-state index contributed by atoms with van der Waals surface area (Å²) in [7, 11) is 0. The molecule has 0 radical (unpaired) electrons. The lowest BCUT2D eigenvalue weighted by atomic mass is 9.89. The predicted octanol–water partition coefficient (Wildman–Crippen LogP) is 1.18. The maximum atomic E-state index is 12.9. The summed E-state index contributed by atoms with van der Waals surface area (Å²) < 4.78 is 5.33. The quantitative estimate of drug-likeness (QED) is 0.873. The van der Waals surface area contributed by atoms with Crippen LogP contribution in [0.15, 0.2) is 24.3 Å². The minimum Gasteiger partial charge on any atom is -0.381 e. The van der Waals surface area contributed by atoms with Gasteiger partial charge in [0.2, 0.25) is 5.91 Å². The molecule has 2 aliphatic heterocycles. The maximum Gasteiger partial charge on any atom is 0.253 e. The van der Waals surface area contributed by atoms with Crippen LogP contribution >= 0.6 is 0 Å². The number of amides is 2. The molecule has 1 aromatic carbocycles. The summed E-state index contributed by atoms with van der Waals surface area (Å²) in [6.45, 7) is 5.45. The number of nitrogens with two attached hydrogens (primary N) is 1. The Morgan fingerprint density at radius 1 is 1.08 bits per heavy atom. The zero-order valence-corrected chi connectivity index (χ0v) is 14.9. The van der Waals surface area contributed by atoms with Gasteiger partial charge in [0.15, 0.2) is 0 Å². The predicted molar refractivity (Wildman–Crippen MR) is 95.3 cm³/mol. The molecule has 2 amide bonds. The maximum absolute atomic E-state index is 12.9. The van der Waals surface area contributed by atoms with E-state index in [1.54, 1.807) is 0 Å². The Balaban J connectivity index is 1.64. The van der Waals surface area contributed by atoms with Gasteiger partial charge in [0.1, 0.15) is 0 Å². The molecule has 0 aliphatic carbocycles. The highest BCUT2D eigenvalue weighted by molar-refractivity contribution is 5.94. The van der Waals surface area contributed by atoms with Gasteiger partial charge in [-0.05, 0) is 38.3 Å². The first kappa shape index (κ1) is 17.9. The molecule has 0 atom stereocenters. The van der Waals surface area contributed by atoms with E-state index in [0.717, 1.165) is 12.0 Å². The molecule has 136 valence electrons. The summed E-state index contributed by atoms with van der Waals surface area (Å²) in [5.41, 5.74) is 7.30. The highest BCUT2D eigenvalue weighted by Gasteiger charge is 2.39. The molecular formula is C19H27N3O3. The average molecular weight is 345 g/mol. The number of carbonyl (C=O) groups is 2. The summed E-state index contributed by atoms with van der Waals surface area (Å²) in [6.07, 6.45) is 1.90. The molecule has 2 fully saturated rings. The highest BCUT2D eigenvalue weighted by Crippen LogP contribution is 2.21. The molecule has 0 aromatic heterocycles. The summed E-state index contributed by atoms with van der Waals surface area (Å²) in [6, 6.07) is 7.64. The van der Waals surface area contributed by atoms with Crippen molar-refractivity contribution in [1.29, 1.82) is 0 Å². The Labute approximate surface area is 148 Å². The van der Waals surface area contributed by atoms with E-state index in [9.17, 15) is 9.59 Å². The zero-order chi connectivity index (χ0) is 17.9. The number of rotatable bonds is 2. The second-order valence-electron chi connectivity index (χ2n) is 7.08. The van der Waals surface area contributed by atoms with Crippen LogP contribution in [0, 0.1) is 6.92 Å². The van der Waals surface area contributed by atoms with E-state index in [1.807, 2.05) is 41.0 Å². The average Bonchev–Trinajstić information content (AvgIpc) is 2.87. The van der Waals surface area contributed by atoms with Gasteiger partial charge < -0.3 is 20.3 Å². The minimum atomic E-state index is -0.812. The van der Waals surface area contributed by atoms with Crippen molar-refractivity contribution in [2.45, 2.75) is 31.7 Å². The van der Waals surface area contributed by atoms with Gasteiger partial charge in [-0.15, -0.1) is 0 Å². The van der Waals surface area contributed by atoms with E-state index >= 15 is 0 Å². The van der Waals surface area contributed by atoms with Crippen LogP contribution in [0.5, 0.6) is 0 Å². The van der Waals surface area contributed by atoms with Crippen LogP contribution in [0.3, 0.4) is 0 Å². The lowest BCUT2D eigenvalue weighted by molar-refractivity contribution is -0.140. The molecule has 2 aliphatic rings. The van der Waals surface area contributed by atoms with Crippen LogP contribution < -0.4 is 5.73 Å². The molecular weight excluding hydrogens is 318 g/mol. The first-order valence-electron chi connectivity index (χ1n) is 9.01. The van der Waals surface area contributed by atoms with Crippen molar-refractivity contribution in [3.63, 3.8) is 0 Å². The number of benzene rings is 1. The number of ether oxygens (including phenoxy) is 1. The molecule has 2 heterocycles. The number of nitrogens with zero attached hydrogens (tertiary/aromatic N) is 2. The van der Waals surface area contributed by atoms with Crippen LogP contribution in [-0.2, 0) is 9.53 Å². The van der Waals surface area contributed by atoms with E-state index in [2.05, 4.69) is 0 Å². The minimum absolute atomic E-state index is 0.000606. The van der Waals surface area contributed by atoms with Gasteiger partial charge in [0, 0.05) is 45.0 Å². The van der Waals surface area contributed by atoms with E-state index in [-0.39, 0.29) is 11.8 Å². The molecule has 0 spiro atoms. The Morgan fingerprint density at radius 2 is 1.76 bits per heavy atom. The Hall–Kier alpha value is -1.92. The van der Waals surface area contributed by atoms with Gasteiger partial charge in [-0.3, -0.25) is 9.59 Å². The summed E-state index contributed by atoms with van der Waals surface area (Å²) in [5, 5.41) is 0. The smallest absolute Gasteiger partial charge is 0.253 e. The molecule has 0 unspecified atom stereocenters. The number of hydrogen-bond donors (Lipinski definition) is 1. The fourth-order valence-electron chi connectivity index (χ4n) is 3.55. The van der Waals surface area contributed by atoms with Crippen LogP contribution in [-0.4, -0.2) is 66.5 Å². The van der Waals surface area contributed by atoms with E-state index in [1.165, 1.54) is 0 Å². The van der Waals surface area contributed by atoms with Crippen LogP contribution in [0.25, 0.3) is 0 Å². The largest absolute Gasteiger partial charge is 0.381 e. The fraction of sp³-hybridized carbons (Fsp3) is 0.579. The molecule has 2 saturated heterocycles. The second-order valence-corrected chi connectivity index (χ2v) is 7.08. The zero-order valence-electron chi connectivity index (χ0n) is 14.9. The third kappa shape index (κ3) is 4.02. The van der Waals surface area contributed by atoms with Crippen molar-refractivity contribution >= 4 is 11.8 Å². The molecule has 2 N–H and O–H groups in total. The van der Waals surface area contributed by atoms with Crippen molar-refractivity contribution in [1.82, 2.24) is 9.80 Å². The molecule has 25 heavy (non-hydrogen) atoms. The highest BCUT2D eigenvalue weighted by atomic mass is 16.5. The molecule has 6 heteroatoms. The number of carbonyl (C=O) groups excluding carboxylic acids is 2. The third-order valence-electron chi connectivity index (χ3n) is 5.15. The molecule has 1 aromatic rings. The van der Waals surface area contributed by atoms with Crippen LogP contribution in [0.2, 0.25) is 0 Å². The van der Waals surface area contributed by atoms with Gasteiger partial charge in [0.05, 0.1) is 5.54 Å². The Morgan fingerprint density at radius 3 is 2.48 bits per heavy atom. The number of aryl methyl sites for hydroxylation is 1. The molecule has 6 nitrogen and oxygen atoms in total. The Bertz CT molecular complexity index is 641. The van der Waals surface area contributed by atoms with Crippen molar-refractivity contribution in [3.05, 3.63) is 35.4 Å². The van der Waals surface area contributed by atoms with E-state index in [0.29, 0.717) is 57.8 Å². The van der Waals surface area contributed by atoms with Crippen molar-refractivity contribution < 1.29 is 14.3 Å². The Kier molecular flexibility index (Phi) is 5.39. The van der Waals surface area contributed by atoms with Crippen molar-refractivity contribution in [2.24, 2.45) is 5.73 Å². The summed E-state index contributed by atoms with van der Waals surface area (Å²) in [4.78, 5) is 29.3. The molecule has 3 rings (SSSR count). The molecule has 0 saturated carbocycles. The van der Waals surface area contributed by atoms with Crippen molar-refractivity contribution in [2.75, 3.05) is 39.4 Å². The van der Waals surface area contributed by atoms with Gasteiger partial charge in [-0.1, -0.05) is 17.7 Å². The van der Waals surface area contributed by atoms with Crippen LogP contribution in [0.4, 0.5) is 0 Å². The van der Waals surface area contributed by atoms with Gasteiger partial charge in [-0.25, -0.2) is 0 Å². The topological polar surface area (TPSA) is 75.9 Å². The first-order valence-corrected chi connectivity index (χ1v) is 9.01. The standard InChI is InChI=1S/C19H27N3O3/c1-15-4-2-5-16(14-15)17(23)21-8-3-9-22(11-10-21)18(24)19(20)6-12-25-13-7-19/h2,4-5,14H,3,6-13,20H2,1H3. The lowest BCUT2D eigenvalue weighted by Crippen LogP contribution is -2.58. The third-order valence-corrected chi connectivity index (χ3v) is 5.15. The first-order chi connectivity index (χ1) is 12.0. The van der Waals surface area contributed by atoms with Gasteiger partial charge in [0.25, 0.3) is 5.91 Å². The second kappa shape index (κ2) is 7.54. The summed E-state index contributed by atoms with van der Waals surface area (Å²) in [5.74, 6) is 0.0344. The van der Waals surface area contributed by atoms with E-state index < -0.39 is 5.54 Å². The van der Waals surface area contributed by atoms with Crippen molar-refractivity contribution in [3.8, 4) is 0 Å². The SMILES string of the molecule is Cc1cccc(C(=O)N2CCCN(C(=O)C3(N)CCOCC3)CC2)c1. The van der Waals surface area contributed by atoms with Crippen LogP contribution in [0.1, 0.15) is 35.2 Å². The normalized spacial score (nSPS) is 20.9. The monoisotopic (exact) mass is 345 g/mol.